The third-order valence-corrected chi connectivity index (χ3v) is 4.44. The molecule has 1 heterocycles. The van der Waals surface area contributed by atoms with E-state index >= 15 is 0 Å². The van der Waals surface area contributed by atoms with Crippen molar-refractivity contribution in [3.63, 3.8) is 0 Å². The van der Waals surface area contributed by atoms with Crippen LogP contribution in [0, 0.1) is 5.82 Å². The molecule has 0 saturated heterocycles. The molecule has 2 aromatic carbocycles. The van der Waals surface area contributed by atoms with Gasteiger partial charge in [-0.3, -0.25) is 19.0 Å². The van der Waals surface area contributed by atoms with Crippen molar-refractivity contribution in [2.24, 2.45) is 0 Å². The van der Waals surface area contributed by atoms with Crippen molar-refractivity contribution in [3.05, 3.63) is 93.3 Å². The summed E-state index contributed by atoms with van der Waals surface area (Å²) in [6.45, 7) is 3.95. The number of carbonyl (C=O) groups excluding carboxylic acids is 1. The van der Waals surface area contributed by atoms with Gasteiger partial charge in [0, 0.05) is 31.6 Å². The lowest BCUT2D eigenvalue weighted by Crippen LogP contribution is -2.42. The molecular formula is C21H20FN3O3. The van der Waals surface area contributed by atoms with Crippen LogP contribution in [0.1, 0.15) is 12.0 Å². The Kier molecular flexibility index (Phi) is 5.84. The molecule has 0 fully saturated rings. The summed E-state index contributed by atoms with van der Waals surface area (Å²) in [5.74, 6) is -0.731. The first-order chi connectivity index (χ1) is 13.5. The highest BCUT2D eigenvalue weighted by Crippen LogP contribution is 2.11. The van der Waals surface area contributed by atoms with Gasteiger partial charge in [-0.1, -0.05) is 36.4 Å². The normalized spacial score (nSPS) is 10.8. The number of amides is 1. The van der Waals surface area contributed by atoms with E-state index in [-0.39, 0.29) is 32.0 Å². The van der Waals surface area contributed by atoms with Gasteiger partial charge >= 0.3 is 11.1 Å². The van der Waals surface area contributed by atoms with Gasteiger partial charge in [0.1, 0.15) is 5.82 Å². The van der Waals surface area contributed by atoms with Gasteiger partial charge in [0.05, 0.1) is 11.0 Å². The number of para-hydroxylation sites is 2. The Hall–Kier alpha value is -3.48. The Morgan fingerprint density at radius 1 is 1.00 bits per heavy atom. The quantitative estimate of drug-likeness (QED) is 0.504. The maximum absolute atomic E-state index is 13.6. The summed E-state index contributed by atoms with van der Waals surface area (Å²) >= 11 is 0. The molecule has 28 heavy (non-hydrogen) atoms. The number of allylic oxidation sites excluding steroid dienone is 1. The van der Waals surface area contributed by atoms with Crippen LogP contribution in [0.4, 0.5) is 4.39 Å². The monoisotopic (exact) mass is 381 g/mol. The highest BCUT2D eigenvalue weighted by atomic mass is 19.1. The van der Waals surface area contributed by atoms with Gasteiger partial charge in [0.25, 0.3) is 0 Å². The lowest BCUT2D eigenvalue weighted by Gasteiger charge is -2.14. The number of carbonyl (C=O) groups is 1. The number of hydrogen-bond donors (Lipinski definition) is 1. The number of benzene rings is 2. The molecule has 0 spiro atoms. The van der Waals surface area contributed by atoms with Gasteiger partial charge in [-0.05, 0) is 18.2 Å². The third kappa shape index (κ3) is 3.93. The highest BCUT2D eigenvalue weighted by Gasteiger charge is 2.13. The molecule has 3 rings (SSSR count). The molecule has 0 aliphatic carbocycles. The van der Waals surface area contributed by atoms with Crippen molar-refractivity contribution in [3.8, 4) is 0 Å². The van der Waals surface area contributed by atoms with E-state index in [0.29, 0.717) is 16.6 Å². The Morgan fingerprint density at radius 2 is 1.61 bits per heavy atom. The van der Waals surface area contributed by atoms with E-state index < -0.39 is 16.9 Å². The average Bonchev–Trinajstić information content (AvgIpc) is 2.70. The zero-order valence-electron chi connectivity index (χ0n) is 15.2. The Labute approximate surface area is 160 Å². The molecule has 0 bridgehead atoms. The zero-order valence-corrected chi connectivity index (χ0v) is 15.2. The number of fused-ring (bicyclic) bond motifs is 1. The molecule has 1 amide bonds. The van der Waals surface area contributed by atoms with E-state index in [9.17, 15) is 18.8 Å². The lowest BCUT2D eigenvalue weighted by atomic mass is 10.2. The Morgan fingerprint density at radius 3 is 2.29 bits per heavy atom. The average molecular weight is 381 g/mol. The van der Waals surface area contributed by atoms with Gasteiger partial charge in [-0.25, -0.2) is 4.39 Å². The van der Waals surface area contributed by atoms with E-state index in [1.807, 2.05) is 0 Å². The first-order valence-electron chi connectivity index (χ1n) is 8.86. The van der Waals surface area contributed by atoms with E-state index in [2.05, 4.69) is 11.9 Å². The van der Waals surface area contributed by atoms with Crippen LogP contribution in [-0.4, -0.2) is 15.0 Å². The van der Waals surface area contributed by atoms with Crippen molar-refractivity contribution in [2.75, 3.05) is 0 Å². The number of nitrogens with one attached hydrogen (secondary N) is 1. The van der Waals surface area contributed by atoms with Gasteiger partial charge in [-0.15, -0.1) is 6.58 Å². The van der Waals surface area contributed by atoms with Crippen LogP contribution in [0.25, 0.3) is 11.0 Å². The van der Waals surface area contributed by atoms with E-state index in [0.717, 1.165) is 0 Å². The molecule has 0 radical (unpaired) electrons. The molecule has 144 valence electrons. The fourth-order valence-electron chi connectivity index (χ4n) is 3.04. The summed E-state index contributed by atoms with van der Waals surface area (Å²) in [6.07, 6.45) is 1.54. The highest BCUT2D eigenvalue weighted by molar-refractivity contribution is 5.77. The number of aromatic nitrogens is 2. The smallest absolute Gasteiger partial charge is 0.317 e. The standard InChI is InChI=1S/C21H20FN3O3/c1-2-12-24-17-9-5-6-10-18(17)25(21(28)20(24)27)13-11-19(26)23-14-15-7-3-4-8-16(15)22/h2-10H,1,11-14H2,(H,23,26). The molecule has 6 nitrogen and oxygen atoms in total. The number of hydrogen-bond acceptors (Lipinski definition) is 3. The zero-order chi connectivity index (χ0) is 20.1. The van der Waals surface area contributed by atoms with Crippen LogP contribution in [0.2, 0.25) is 0 Å². The summed E-state index contributed by atoms with van der Waals surface area (Å²) in [6, 6.07) is 13.2. The molecule has 0 saturated carbocycles. The predicted octanol–water partition coefficient (Wildman–Crippen LogP) is 2.19. The van der Waals surface area contributed by atoms with Gasteiger partial charge in [0.15, 0.2) is 0 Å². The molecule has 7 heteroatoms. The summed E-state index contributed by atoms with van der Waals surface area (Å²) in [4.78, 5) is 37.1. The summed E-state index contributed by atoms with van der Waals surface area (Å²) in [7, 11) is 0. The largest absolute Gasteiger partial charge is 0.352 e. The van der Waals surface area contributed by atoms with Crippen molar-refractivity contribution in [2.45, 2.75) is 26.1 Å². The summed E-state index contributed by atoms with van der Waals surface area (Å²) in [5.41, 5.74) is 0.188. The summed E-state index contributed by atoms with van der Waals surface area (Å²) < 4.78 is 16.3. The van der Waals surface area contributed by atoms with Crippen LogP contribution in [0.5, 0.6) is 0 Å². The van der Waals surface area contributed by atoms with Crippen LogP contribution in [0.15, 0.2) is 70.8 Å². The fourth-order valence-corrected chi connectivity index (χ4v) is 3.04. The molecule has 0 unspecified atom stereocenters. The summed E-state index contributed by atoms with van der Waals surface area (Å²) in [5, 5.41) is 2.63. The molecule has 0 aliphatic rings. The van der Waals surface area contributed by atoms with Gasteiger partial charge in [0.2, 0.25) is 5.91 Å². The molecule has 0 aliphatic heterocycles. The third-order valence-electron chi connectivity index (χ3n) is 4.44. The van der Waals surface area contributed by atoms with Crippen LogP contribution < -0.4 is 16.4 Å². The number of nitrogens with zero attached hydrogens (tertiary/aromatic N) is 2. The van der Waals surface area contributed by atoms with Gasteiger partial charge in [-0.2, -0.15) is 0 Å². The first kappa shape index (κ1) is 19.3. The minimum Gasteiger partial charge on any atom is -0.352 e. The van der Waals surface area contributed by atoms with Crippen LogP contribution in [0.3, 0.4) is 0 Å². The van der Waals surface area contributed by atoms with Crippen molar-refractivity contribution < 1.29 is 9.18 Å². The number of rotatable bonds is 7. The Balaban J connectivity index is 1.80. The molecule has 1 aromatic heterocycles. The number of halogens is 1. The molecule has 3 aromatic rings. The minimum absolute atomic E-state index is 0.0106. The second kappa shape index (κ2) is 8.47. The first-order valence-corrected chi connectivity index (χ1v) is 8.86. The second-order valence-electron chi connectivity index (χ2n) is 6.27. The maximum atomic E-state index is 13.6. The van der Waals surface area contributed by atoms with E-state index in [1.165, 1.54) is 15.2 Å². The molecule has 1 N–H and O–H groups in total. The van der Waals surface area contributed by atoms with Crippen LogP contribution in [-0.2, 0) is 24.4 Å². The molecular weight excluding hydrogens is 361 g/mol. The maximum Gasteiger partial charge on any atom is 0.317 e. The van der Waals surface area contributed by atoms with Crippen molar-refractivity contribution in [1.29, 1.82) is 0 Å². The van der Waals surface area contributed by atoms with E-state index in [4.69, 9.17) is 0 Å². The second-order valence-corrected chi connectivity index (χ2v) is 6.27. The topological polar surface area (TPSA) is 73.1 Å². The lowest BCUT2D eigenvalue weighted by molar-refractivity contribution is -0.121. The molecule has 0 atom stereocenters. The SMILES string of the molecule is C=CCn1c(=O)c(=O)n(CCC(=O)NCc2ccccc2F)c2ccccc21. The van der Waals surface area contributed by atoms with Crippen molar-refractivity contribution >= 4 is 16.9 Å². The Bertz CT molecular complexity index is 1150. The van der Waals surface area contributed by atoms with Crippen molar-refractivity contribution in [1.82, 2.24) is 14.5 Å². The van der Waals surface area contributed by atoms with Crippen LogP contribution >= 0.6 is 0 Å². The van der Waals surface area contributed by atoms with Gasteiger partial charge < -0.3 is 9.88 Å². The minimum atomic E-state index is -0.692. The predicted molar refractivity (Wildman–Crippen MR) is 106 cm³/mol. The van der Waals surface area contributed by atoms with E-state index in [1.54, 1.807) is 48.5 Å². The fraction of sp³-hybridized carbons (Fsp3) is 0.190. The number of aryl methyl sites for hydroxylation is 1.